The SMILES string of the molecule is O=S(=O)(c1ccc(Oc2ccc(-c3ccc([O-])cc3)cc2)cc1)c1ccc(Oc2ccc(-c3ccc([O-])cc3)cc2)cc1.[K+].[K+]. The van der Waals surface area contributed by atoms with E-state index in [2.05, 4.69) is 0 Å². The van der Waals surface area contributed by atoms with Crippen molar-refractivity contribution in [1.29, 1.82) is 0 Å². The second kappa shape index (κ2) is 16.0. The zero-order valence-electron chi connectivity index (χ0n) is 24.7. The summed E-state index contributed by atoms with van der Waals surface area (Å²) in [6.45, 7) is 0. The predicted octanol–water partition coefficient (Wildman–Crippen LogP) is 1.59. The molecule has 0 spiro atoms. The van der Waals surface area contributed by atoms with Gasteiger partial charge in [-0.15, -0.1) is 11.5 Å². The van der Waals surface area contributed by atoms with Gasteiger partial charge in [0.05, 0.1) is 9.79 Å². The summed E-state index contributed by atoms with van der Waals surface area (Å²) in [5.41, 5.74) is 3.76. The normalized spacial score (nSPS) is 10.7. The van der Waals surface area contributed by atoms with Gasteiger partial charge in [0.1, 0.15) is 23.0 Å². The molecule has 0 aliphatic heterocycles. The van der Waals surface area contributed by atoms with E-state index in [0.29, 0.717) is 23.0 Å². The van der Waals surface area contributed by atoms with E-state index in [1.807, 2.05) is 48.5 Å². The number of ether oxygens (including phenoxy) is 2. The molecule has 0 fully saturated rings. The van der Waals surface area contributed by atoms with Gasteiger partial charge in [0, 0.05) is 0 Å². The zero-order chi connectivity index (χ0) is 29.8. The Hall–Kier alpha value is -2.26. The molecule has 0 aromatic heterocycles. The molecule has 6 rings (SSSR count). The number of hydrogen-bond donors (Lipinski definition) is 0. The van der Waals surface area contributed by atoms with Crippen molar-refractivity contribution in [2.75, 3.05) is 0 Å². The average Bonchev–Trinajstić information content (AvgIpc) is 3.03. The van der Waals surface area contributed by atoms with E-state index >= 15 is 0 Å². The summed E-state index contributed by atoms with van der Waals surface area (Å²) in [6.07, 6.45) is 0. The summed E-state index contributed by atoms with van der Waals surface area (Å²) >= 11 is 0. The van der Waals surface area contributed by atoms with Crippen LogP contribution in [0.5, 0.6) is 34.5 Å². The first kappa shape index (κ1) is 35.6. The van der Waals surface area contributed by atoms with Crippen LogP contribution in [0, 0.1) is 0 Å². The summed E-state index contributed by atoms with van der Waals surface area (Å²) in [5.74, 6) is 2.12. The van der Waals surface area contributed by atoms with Crippen LogP contribution in [0.1, 0.15) is 0 Å². The van der Waals surface area contributed by atoms with Gasteiger partial charge in [-0.05, 0) is 95.1 Å². The van der Waals surface area contributed by atoms with Gasteiger partial charge in [-0.25, -0.2) is 8.42 Å². The molecule has 0 radical (unpaired) electrons. The molecule has 6 aromatic carbocycles. The van der Waals surface area contributed by atoms with Gasteiger partial charge in [0.15, 0.2) is 0 Å². The van der Waals surface area contributed by atoms with Crippen molar-refractivity contribution in [2.24, 2.45) is 0 Å². The van der Waals surface area contributed by atoms with Gasteiger partial charge in [-0.1, -0.05) is 72.8 Å². The zero-order valence-corrected chi connectivity index (χ0v) is 31.8. The minimum Gasteiger partial charge on any atom is -0.872 e. The molecule has 9 heteroatoms. The van der Waals surface area contributed by atoms with Crippen LogP contribution in [0.25, 0.3) is 22.3 Å². The third-order valence-electron chi connectivity index (χ3n) is 6.82. The van der Waals surface area contributed by atoms with Crippen LogP contribution in [-0.4, -0.2) is 8.42 Å². The van der Waals surface area contributed by atoms with Crippen LogP contribution in [-0.2, 0) is 9.84 Å². The van der Waals surface area contributed by atoms with E-state index in [9.17, 15) is 18.6 Å². The molecule has 212 valence electrons. The Bertz CT molecular complexity index is 1800. The van der Waals surface area contributed by atoms with Crippen LogP contribution < -0.4 is 122 Å². The van der Waals surface area contributed by atoms with Crippen molar-refractivity contribution in [1.82, 2.24) is 0 Å². The van der Waals surface area contributed by atoms with Crippen LogP contribution >= 0.6 is 0 Å². The fourth-order valence-electron chi connectivity index (χ4n) is 4.51. The first-order chi connectivity index (χ1) is 20.8. The van der Waals surface area contributed by atoms with E-state index in [1.54, 1.807) is 48.5 Å². The fraction of sp³-hybridized carbons (Fsp3) is 0. The molecule has 6 nitrogen and oxygen atoms in total. The quantitative estimate of drug-likeness (QED) is 0.230. The maximum Gasteiger partial charge on any atom is 1.00 e. The maximum atomic E-state index is 13.2. The van der Waals surface area contributed by atoms with E-state index in [0.717, 1.165) is 22.3 Å². The van der Waals surface area contributed by atoms with Crippen molar-refractivity contribution in [3.8, 4) is 56.8 Å². The molecule has 45 heavy (non-hydrogen) atoms. The molecule has 0 aliphatic rings. The van der Waals surface area contributed by atoms with Crippen LogP contribution in [0.4, 0.5) is 0 Å². The molecule has 0 saturated heterocycles. The molecule has 0 atom stereocenters. The van der Waals surface area contributed by atoms with Crippen molar-refractivity contribution in [3.05, 3.63) is 146 Å². The Morgan fingerprint density at radius 2 is 0.578 bits per heavy atom. The van der Waals surface area contributed by atoms with Gasteiger partial charge in [-0.3, -0.25) is 0 Å². The average molecular weight is 663 g/mol. The van der Waals surface area contributed by atoms with E-state index < -0.39 is 9.84 Å². The number of benzene rings is 6. The smallest absolute Gasteiger partial charge is 0.872 e. The summed E-state index contributed by atoms with van der Waals surface area (Å²) in [6, 6.07) is 40.6. The number of sulfone groups is 1. The van der Waals surface area contributed by atoms with Crippen LogP contribution in [0.2, 0.25) is 0 Å². The van der Waals surface area contributed by atoms with Gasteiger partial charge >= 0.3 is 103 Å². The van der Waals surface area contributed by atoms with Gasteiger partial charge < -0.3 is 19.7 Å². The van der Waals surface area contributed by atoms with Crippen molar-refractivity contribution in [3.63, 3.8) is 0 Å². The standard InChI is InChI=1S/C36H26O6S.2K/c37-29-9-1-25(2-10-29)27-5-13-31(14-6-27)41-33-17-21-35(22-18-33)43(39,40)36-23-19-34(20-24-36)42-32-15-7-28(8-16-32)26-3-11-30(38)12-4-26;;/h1-24,37-38H;;/q;2*+1/p-2. The third-order valence-corrected chi connectivity index (χ3v) is 8.61. The number of hydrogen-bond acceptors (Lipinski definition) is 6. The minimum atomic E-state index is -3.75. The molecule has 6 aromatic rings. The molecule has 0 aliphatic carbocycles. The fourth-order valence-corrected chi connectivity index (χ4v) is 5.77. The van der Waals surface area contributed by atoms with Crippen LogP contribution in [0.15, 0.2) is 155 Å². The van der Waals surface area contributed by atoms with Crippen molar-refractivity contribution < 1.29 is 131 Å². The Balaban J connectivity index is 0.00000230. The van der Waals surface area contributed by atoms with Crippen LogP contribution in [0.3, 0.4) is 0 Å². The predicted molar refractivity (Wildman–Crippen MR) is 161 cm³/mol. The number of rotatable bonds is 8. The molecule has 0 unspecified atom stereocenters. The molecule has 0 bridgehead atoms. The van der Waals surface area contributed by atoms with Crippen molar-refractivity contribution in [2.45, 2.75) is 9.79 Å². The molecule has 0 saturated carbocycles. The second-order valence-corrected chi connectivity index (χ2v) is 11.7. The Morgan fingerprint density at radius 3 is 0.844 bits per heavy atom. The minimum absolute atomic E-state index is 0. The summed E-state index contributed by atoms with van der Waals surface area (Å²) in [5, 5.41) is 22.7. The first-order valence-corrected chi connectivity index (χ1v) is 14.9. The topological polar surface area (TPSA) is 98.7 Å². The summed E-state index contributed by atoms with van der Waals surface area (Å²) < 4.78 is 38.3. The van der Waals surface area contributed by atoms with Crippen molar-refractivity contribution >= 4 is 9.84 Å². The Labute approximate surface area is 347 Å². The molecular formula is C36H24K2O6S. The van der Waals surface area contributed by atoms with E-state index in [-0.39, 0.29) is 124 Å². The molecule has 0 heterocycles. The largest absolute Gasteiger partial charge is 1.00 e. The van der Waals surface area contributed by atoms with Gasteiger partial charge in [-0.2, -0.15) is 0 Å². The molecule has 0 amide bonds. The summed E-state index contributed by atoms with van der Waals surface area (Å²) in [4.78, 5) is 0.289. The maximum absolute atomic E-state index is 13.2. The monoisotopic (exact) mass is 662 g/mol. The van der Waals surface area contributed by atoms with E-state index in [4.69, 9.17) is 9.47 Å². The second-order valence-electron chi connectivity index (χ2n) is 9.75. The van der Waals surface area contributed by atoms with E-state index in [1.165, 1.54) is 48.5 Å². The Morgan fingerprint density at radius 1 is 0.356 bits per heavy atom. The molecule has 0 N–H and O–H groups in total. The van der Waals surface area contributed by atoms with Gasteiger partial charge in [0.25, 0.3) is 0 Å². The first-order valence-electron chi connectivity index (χ1n) is 13.4. The molecular weight excluding hydrogens is 639 g/mol. The third kappa shape index (κ3) is 8.97. The Kier molecular flexibility index (Phi) is 12.7. The summed E-state index contributed by atoms with van der Waals surface area (Å²) in [7, 11) is -3.75. The van der Waals surface area contributed by atoms with Gasteiger partial charge in [0.2, 0.25) is 9.84 Å².